The largest absolute Gasteiger partial charge is 0.478 e. The maximum absolute atomic E-state index is 12.2. The Morgan fingerprint density at radius 1 is 1.36 bits per heavy atom. The van der Waals surface area contributed by atoms with E-state index in [1.165, 1.54) is 12.1 Å². The molecule has 2 atom stereocenters. The Bertz CT molecular complexity index is 573. The van der Waals surface area contributed by atoms with E-state index in [4.69, 9.17) is 9.84 Å². The minimum Gasteiger partial charge on any atom is -0.478 e. The minimum atomic E-state index is -1.06. The molecule has 0 radical (unpaired) electrons. The molecule has 1 aromatic rings. The van der Waals surface area contributed by atoms with Gasteiger partial charge in [0.25, 0.3) is 5.91 Å². The van der Waals surface area contributed by atoms with E-state index in [2.05, 4.69) is 35.1 Å². The van der Waals surface area contributed by atoms with Crippen molar-refractivity contribution in [2.75, 3.05) is 13.2 Å². The summed E-state index contributed by atoms with van der Waals surface area (Å²) >= 11 is 3.23. The second-order valence-electron chi connectivity index (χ2n) is 5.87. The number of hydrogen-bond donors (Lipinski definition) is 2. The van der Waals surface area contributed by atoms with E-state index in [1.807, 2.05) is 0 Å². The zero-order valence-electron chi connectivity index (χ0n) is 12.6. The number of carbonyl (C=O) groups excluding carboxylic acids is 1. The predicted molar refractivity (Wildman–Crippen MR) is 86.1 cm³/mol. The third-order valence-corrected chi connectivity index (χ3v) is 4.31. The van der Waals surface area contributed by atoms with Crippen LogP contribution in [0.5, 0.6) is 0 Å². The Kier molecular flexibility index (Phi) is 5.58. The number of carbonyl (C=O) groups is 2. The molecule has 1 aliphatic heterocycles. The molecular formula is C16H20BrNO4. The number of benzene rings is 1. The highest BCUT2D eigenvalue weighted by Gasteiger charge is 2.30. The molecule has 0 saturated carbocycles. The van der Waals surface area contributed by atoms with Crippen molar-refractivity contribution in [3.63, 3.8) is 0 Å². The first kappa shape index (κ1) is 17.0. The molecule has 0 spiro atoms. The van der Waals surface area contributed by atoms with Gasteiger partial charge >= 0.3 is 5.97 Å². The van der Waals surface area contributed by atoms with Crippen molar-refractivity contribution in [3.8, 4) is 0 Å². The number of ether oxygens (including phenoxy) is 1. The van der Waals surface area contributed by atoms with Gasteiger partial charge < -0.3 is 15.2 Å². The Morgan fingerprint density at radius 2 is 2.05 bits per heavy atom. The van der Waals surface area contributed by atoms with Crippen LogP contribution in [0.15, 0.2) is 22.7 Å². The molecule has 120 valence electrons. The first-order valence-electron chi connectivity index (χ1n) is 7.32. The van der Waals surface area contributed by atoms with Crippen molar-refractivity contribution >= 4 is 27.8 Å². The lowest BCUT2D eigenvalue weighted by molar-refractivity contribution is 0.0533. The molecule has 1 aromatic carbocycles. The first-order chi connectivity index (χ1) is 10.4. The van der Waals surface area contributed by atoms with Gasteiger partial charge in [0.05, 0.1) is 11.7 Å². The van der Waals surface area contributed by atoms with Crippen LogP contribution in [0.25, 0.3) is 0 Å². The van der Waals surface area contributed by atoms with Crippen LogP contribution in [-0.4, -0.2) is 36.2 Å². The first-order valence-corrected chi connectivity index (χ1v) is 8.11. The van der Waals surface area contributed by atoms with Gasteiger partial charge in [-0.1, -0.05) is 29.8 Å². The standard InChI is InChI=1S/C16H20BrNO4/c1-9(2)14-10(3-4-22-14)8-18-15(19)11-5-12(16(20)21)7-13(17)6-11/h5-7,9-10,14H,3-4,8H2,1-2H3,(H,18,19)(H,20,21). The Hall–Kier alpha value is -1.40. The summed E-state index contributed by atoms with van der Waals surface area (Å²) in [4.78, 5) is 23.3. The van der Waals surface area contributed by atoms with Gasteiger partial charge in [0.1, 0.15) is 0 Å². The van der Waals surface area contributed by atoms with Crippen molar-refractivity contribution in [1.82, 2.24) is 5.32 Å². The van der Waals surface area contributed by atoms with Crippen LogP contribution in [0.4, 0.5) is 0 Å². The van der Waals surface area contributed by atoms with E-state index < -0.39 is 5.97 Å². The SMILES string of the molecule is CC(C)C1OCCC1CNC(=O)c1cc(Br)cc(C(=O)O)c1. The highest BCUT2D eigenvalue weighted by molar-refractivity contribution is 9.10. The van der Waals surface area contributed by atoms with Crippen molar-refractivity contribution in [1.29, 1.82) is 0 Å². The van der Waals surface area contributed by atoms with Gasteiger partial charge in [-0.15, -0.1) is 0 Å². The molecule has 22 heavy (non-hydrogen) atoms. The van der Waals surface area contributed by atoms with Gasteiger partial charge in [-0.3, -0.25) is 4.79 Å². The average molecular weight is 370 g/mol. The fraction of sp³-hybridized carbons (Fsp3) is 0.500. The van der Waals surface area contributed by atoms with Crippen LogP contribution in [0.1, 0.15) is 41.0 Å². The van der Waals surface area contributed by atoms with Crippen LogP contribution in [-0.2, 0) is 4.74 Å². The molecule has 1 heterocycles. The summed E-state index contributed by atoms with van der Waals surface area (Å²) in [7, 11) is 0. The Morgan fingerprint density at radius 3 is 2.68 bits per heavy atom. The lowest BCUT2D eigenvalue weighted by atomic mass is 9.93. The number of rotatable bonds is 5. The molecular weight excluding hydrogens is 350 g/mol. The molecule has 1 fully saturated rings. The van der Waals surface area contributed by atoms with Crippen molar-refractivity contribution in [2.45, 2.75) is 26.4 Å². The third-order valence-electron chi connectivity index (χ3n) is 3.85. The van der Waals surface area contributed by atoms with Gasteiger partial charge in [0, 0.05) is 29.1 Å². The molecule has 5 nitrogen and oxygen atoms in total. The van der Waals surface area contributed by atoms with E-state index in [0.717, 1.165) is 13.0 Å². The molecule has 0 aliphatic carbocycles. The van der Waals surface area contributed by atoms with Gasteiger partial charge in [-0.2, -0.15) is 0 Å². The lowest BCUT2D eigenvalue weighted by Gasteiger charge is -2.22. The summed E-state index contributed by atoms with van der Waals surface area (Å²) in [6.45, 7) is 5.48. The Labute approximate surface area is 138 Å². The number of aromatic carboxylic acids is 1. The molecule has 2 N–H and O–H groups in total. The topological polar surface area (TPSA) is 75.6 Å². The summed E-state index contributed by atoms with van der Waals surface area (Å²) < 4.78 is 6.27. The maximum atomic E-state index is 12.2. The summed E-state index contributed by atoms with van der Waals surface area (Å²) in [6.07, 6.45) is 1.10. The van der Waals surface area contributed by atoms with Crippen molar-refractivity contribution in [3.05, 3.63) is 33.8 Å². The number of carboxylic acids is 1. The van der Waals surface area contributed by atoms with E-state index in [9.17, 15) is 9.59 Å². The second-order valence-corrected chi connectivity index (χ2v) is 6.79. The fourth-order valence-corrected chi connectivity index (χ4v) is 3.27. The highest BCUT2D eigenvalue weighted by Crippen LogP contribution is 2.26. The summed E-state index contributed by atoms with van der Waals surface area (Å²) in [6, 6.07) is 4.47. The van der Waals surface area contributed by atoms with E-state index >= 15 is 0 Å². The average Bonchev–Trinajstić information content (AvgIpc) is 2.92. The maximum Gasteiger partial charge on any atom is 0.335 e. The number of carboxylic acid groups (broad SMARTS) is 1. The van der Waals surface area contributed by atoms with Crippen LogP contribution >= 0.6 is 15.9 Å². The van der Waals surface area contributed by atoms with E-state index in [-0.39, 0.29) is 17.6 Å². The normalized spacial score (nSPS) is 21.1. The van der Waals surface area contributed by atoms with Crippen LogP contribution in [0, 0.1) is 11.8 Å². The minimum absolute atomic E-state index is 0.0868. The second kappa shape index (κ2) is 7.24. The van der Waals surface area contributed by atoms with E-state index in [0.29, 0.717) is 28.4 Å². The lowest BCUT2D eigenvalue weighted by Crippen LogP contribution is -2.35. The number of amides is 1. The molecule has 1 amide bonds. The van der Waals surface area contributed by atoms with Gasteiger partial charge in [-0.25, -0.2) is 4.79 Å². The molecule has 1 saturated heterocycles. The zero-order valence-corrected chi connectivity index (χ0v) is 14.2. The van der Waals surface area contributed by atoms with Crippen molar-refractivity contribution < 1.29 is 19.4 Å². The van der Waals surface area contributed by atoms with E-state index in [1.54, 1.807) is 6.07 Å². The number of halogens is 1. The molecule has 2 unspecified atom stereocenters. The number of nitrogens with one attached hydrogen (secondary N) is 1. The summed E-state index contributed by atoms with van der Waals surface area (Å²) in [5.41, 5.74) is 0.426. The van der Waals surface area contributed by atoms with Crippen LogP contribution < -0.4 is 5.32 Å². The molecule has 2 rings (SSSR count). The zero-order chi connectivity index (χ0) is 16.3. The molecule has 0 aromatic heterocycles. The summed E-state index contributed by atoms with van der Waals surface area (Å²) in [5, 5.41) is 11.9. The fourth-order valence-electron chi connectivity index (χ4n) is 2.78. The quantitative estimate of drug-likeness (QED) is 0.836. The third kappa shape index (κ3) is 4.08. The molecule has 1 aliphatic rings. The summed E-state index contributed by atoms with van der Waals surface area (Å²) in [5.74, 6) is -0.610. The molecule has 0 bridgehead atoms. The molecule has 6 heteroatoms. The van der Waals surface area contributed by atoms with Gasteiger partial charge in [-0.05, 0) is 30.5 Å². The van der Waals surface area contributed by atoms with Crippen LogP contribution in [0.2, 0.25) is 0 Å². The highest BCUT2D eigenvalue weighted by atomic mass is 79.9. The van der Waals surface area contributed by atoms with Crippen molar-refractivity contribution in [2.24, 2.45) is 11.8 Å². The van der Waals surface area contributed by atoms with Gasteiger partial charge in [0.15, 0.2) is 0 Å². The smallest absolute Gasteiger partial charge is 0.335 e. The van der Waals surface area contributed by atoms with Crippen LogP contribution in [0.3, 0.4) is 0 Å². The monoisotopic (exact) mass is 369 g/mol. The predicted octanol–water partition coefficient (Wildman–Crippen LogP) is 2.94. The number of hydrogen-bond acceptors (Lipinski definition) is 3. The Balaban J connectivity index is 2.02. The van der Waals surface area contributed by atoms with Gasteiger partial charge in [0.2, 0.25) is 0 Å².